The molecule has 27 heavy (non-hydrogen) atoms. The van der Waals surface area contributed by atoms with E-state index in [1.165, 1.54) is 34.7 Å². The van der Waals surface area contributed by atoms with Crippen molar-refractivity contribution in [2.45, 2.75) is 43.4 Å². The topological polar surface area (TPSA) is 60.9 Å². The fourth-order valence-corrected chi connectivity index (χ4v) is 5.90. The summed E-state index contributed by atoms with van der Waals surface area (Å²) in [6.45, 7) is 4.19. The molecule has 1 aromatic carbocycles. The molecule has 0 radical (unpaired) electrons. The first-order chi connectivity index (χ1) is 13.0. The van der Waals surface area contributed by atoms with Gasteiger partial charge in [-0.2, -0.15) is 4.31 Å². The van der Waals surface area contributed by atoms with Crippen molar-refractivity contribution in [3.8, 4) is 0 Å². The van der Waals surface area contributed by atoms with Crippen LogP contribution in [0.25, 0.3) is 0 Å². The van der Waals surface area contributed by atoms with Gasteiger partial charge in [0.1, 0.15) is 0 Å². The van der Waals surface area contributed by atoms with E-state index in [4.69, 9.17) is 0 Å². The normalized spacial score (nSPS) is 22.0. The van der Waals surface area contributed by atoms with Crippen molar-refractivity contribution < 1.29 is 13.2 Å². The van der Waals surface area contributed by atoms with Crippen molar-refractivity contribution in [2.75, 3.05) is 45.8 Å². The van der Waals surface area contributed by atoms with E-state index in [0.717, 1.165) is 32.4 Å². The van der Waals surface area contributed by atoms with E-state index in [9.17, 15) is 13.2 Å². The van der Waals surface area contributed by atoms with Crippen molar-refractivity contribution in [1.29, 1.82) is 0 Å². The van der Waals surface area contributed by atoms with Gasteiger partial charge in [-0.25, -0.2) is 8.42 Å². The van der Waals surface area contributed by atoms with Crippen LogP contribution in [0.5, 0.6) is 0 Å². The molecule has 3 aliphatic rings. The minimum Gasteiger partial charge on any atom is -0.339 e. The van der Waals surface area contributed by atoms with Gasteiger partial charge in [-0.15, -0.1) is 0 Å². The minimum atomic E-state index is -3.48. The highest BCUT2D eigenvalue weighted by Gasteiger charge is 2.31. The van der Waals surface area contributed by atoms with Gasteiger partial charge in [-0.3, -0.25) is 9.69 Å². The summed E-state index contributed by atoms with van der Waals surface area (Å²) < 4.78 is 27.6. The summed E-state index contributed by atoms with van der Waals surface area (Å²) >= 11 is 0. The van der Waals surface area contributed by atoms with Crippen molar-refractivity contribution in [3.05, 3.63) is 29.3 Å². The number of rotatable bonds is 4. The third-order valence-electron chi connectivity index (χ3n) is 6.11. The number of benzene rings is 1. The monoisotopic (exact) mass is 391 g/mol. The average Bonchev–Trinajstić information content (AvgIpc) is 3.20. The van der Waals surface area contributed by atoms with Crippen molar-refractivity contribution in [1.82, 2.24) is 14.1 Å². The number of fused-ring (bicyclic) bond motifs is 1. The Morgan fingerprint density at radius 3 is 2.22 bits per heavy atom. The number of aryl methyl sites for hydroxylation is 2. The molecule has 1 aliphatic carbocycles. The predicted molar refractivity (Wildman–Crippen MR) is 104 cm³/mol. The van der Waals surface area contributed by atoms with Gasteiger partial charge in [0.15, 0.2) is 0 Å². The lowest BCUT2D eigenvalue weighted by Gasteiger charge is -2.35. The maximum absolute atomic E-state index is 13.0. The highest BCUT2D eigenvalue weighted by Crippen LogP contribution is 2.26. The van der Waals surface area contributed by atoms with Crippen LogP contribution < -0.4 is 0 Å². The Labute approximate surface area is 162 Å². The quantitative estimate of drug-likeness (QED) is 0.780. The molecule has 2 aliphatic heterocycles. The molecule has 0 unspecified atom stereocenters. The van der Waals surface area contributed by atoms with Gasteiger partial charge in [0, 0.05) is 26.2 Å². The number of hydrogen-bond acceptors (Lipinski definition) is 4. The van der Waals surface area contributed by atoms with Gasteiger partial charge in [0.25, 0.3) is 0 Å². The summed E-state index contributed by atoms with van der Waals surface area (Å²) in [5.74, 6) is 0.128. The number of carbonyl (C=O) groups is 1. The van der Waals surface area contributed by atoms with Gasteiger partial charge < -0.3 is 4.90 Å². The Kier molecular flexibility index (Phi) is 5.53. The summed E-state index contributed by atoms with van der Waals surface area (Å²) in [6.07, 6.45) is 6.67. The Hall–Kier alpha value is -1.44. The van der Waals surface area contributed by atoms with Gasteiger partial charge in [-0.1, -0.05) is 6.07 Å². The molecule has 0 aromatic heterocycles. The van der Waals surface area contributed by atoms with E-state index in [1.807, 2.05) is 17.0 Å². The van der Waals surface area contributed by atoms with E-state index in [0.29, 0.717) is 37.6 Å². The van der Waals surface area contributed by atoms with Crippen LogP contribution in [0, 0.1) is 0 Å². The first kappa shape index (κ1) is 18.9. The van der Waals surface area contributed by atoms with E-state index in [-0.39, 0.29) is 5.91 Å². The van der Waals surface area contributed by atoms with E-state index >= 15 is 0 Å². The first-order valence-corrected chi connectivity index (χ1v) is 11.6. The molecule has 148 valence electrons. The van der Waals surface area contributed by atoms with Crippen LogP contribution >= 0.6 is 0 Å². The van der Waals surface area contributed by atoms with Crippen molar-refractivity contribution in [3.63, 3.8) is 0 Å². The molecular weight excluding hydrogens is 362 g/mol. The fraction of sp³-hybridized carbons (Fsp3) is 0.650. The predicted octanol–water partition coefficient (Wildman–Crippen LogP) is 1.49. The van der Waals surface area contributed by atoms with Gasteiger partial charge in [0.05, 0.1) is 11.4 Å². The number of carbonyl (C=O) groups excluding carboxylic acids is 1. The van der Waals surface area contributed by atoms with Crippen LogP contribution in [0.3, 0.4) is 0 Å². The second-order valence-electron chi connectivity index (χ2n) is 7.91. The molecule has 0 saturated carbocycles. The van der Waals surface area contributed by atoms with Crippen LogP contribution in [0.15, 0.2) is 23.1 Å². The molecule has 0 N–H and O–H groups in total. The number of piperazine rings is 1. The molecule has 2 heterocycles. The Balaban J connectivity index is 1.39. The maximum atomic E-state index is 13.0. The third-order valence-corrected chi connectivity index (χ3v) is 8.00. The molecule has 6 nitrogen and oxygen atoms in total. The maximum Gasteiger partial charge on any atom is 0.243 e. The highest BCUT2D eigenvalue weighted by molar-refractivity contribution is 7.89. The van der Waals surface area contributed by atoms with Gasteiger partial charge in [-0.05, 0) is 74.9 Å². The lowest BCUT2D eigenvalue weighted by atomic mass is 9.92. The Morgan fingerprint density at radius 2 is 1.52 bits per heavy atom. The largest absolute Gasteiger partial charge is 0.339 e. The molecule has 1 aromatic rings. The second-order valence-corrected chi connectivity index (χ2v) is 9.84. The van der Waals surface area contributed by atoms with Crippen LogP contribution in [-0.4, -0.2) is 74.2 Å². The van der Waals surface area contributed by atoms with Crippen LogP contribution in [0.4, 0.5) is 0 Å². The smallest absolute Gasteiger partial charge is 0.243 e. The average molecular weight is 392 g/mol. The molecule has 1 amide bonds. The van der Waals surface area contributed by atoms with Gasteiger partial charge >= 0.3 is 0 Å². The molecule has 2 fully saturated rings. The summed E-state index contributed by atoms with van der Waals surface area (Å²) in [7, 11) is -3.48. The molecule has 0 atom stereocenters. The van der Waals surface area contributed by atoms with E-state index in [1.54, 1.807) is 6.07 Å². The van der Waals surface area contributed by atoms with Crippen molar-refractivity contribution >= 4 is 15.9 Å². The van der Waals surface area contributed by atoms with Crippen LogP contribution in [0.1, 0.15) is 36.8 Å². The van der Waals surface area contributed by atoms with Crippen LogP contribution in [-0.2, 0) is 27.7 Å². The van der Waals surface area contributed by atoms with Crippen molar-refractivity contribution in [2.24, 2.45) is 0 Å². The minimum absolute atomic E-state index is 0.128. The van der Waals surface area contributed by atoms with Crippen LogP contribution in [0.2, 0.25) is 0 Å². The number of amides is 1. The summed E-state index contributed by atoms with van der Waals surface area (Å²) in [4.78, 5) is 16.9. The van der Waals surface area contributed by atoms with E-state index in [2.05, 4.69) is 4.90 Å². The van der Waals surface area contributed by atoms with E-state index < -0.39 is 10.0 Å². The summed E-state index contributed by atoms with van der Waals surface area (Å²) in [6, 6.07) is 5.61. The Bertz CT molecular complexity index is 795. The molecule has 2 saturated heterocycles. The molecule has 4 rings (SSSR count). The zero-order chi connectivity index (χ0) is 18.9. The zero-order valence-electron chi connectivity index (χ0n) is 15.9. The standard InChI is InChI=1S/C20H29N3O3S/c24-20(16-21-9-3-4-10-21)22-11-13-23(14-12-22)27(25,26)19-8-7-17-5-1-2-6-18(17)15-19/h7-8,15H,1-6,9-14,16H2. The number of likely N-dealkylation sites (tertiary alicyclic amines) is 1. The lowest BCUT2D eigenvalue weighted by Crippen LogP contribution is -2.52. The Morgan fingerprint density at radius 1 is 0.852 bits per heavy atom. The van der Waals surface area contributed by atoms with Gasteiger partial charge in [0.2, 0.25) is 15.9 Å². The number of sulfonamides is 1. The summed E-state index contributed by atoms with van der Waals surface area (Å²) in [5.41, 5.74) is 2.47. The highest BCUT2D eigenvalue weighted by atomic mass is 32.2. The molecule has 0 bridgehead atoms. The first-order valence-electron chi connectivity index (χ1n) is 10.2. The molecule has 7 heteroatoms. The third kappa shape index (κ3) is 4.05. The number of hydrogen-bond donors (Lipinski definition) is 0. The number of nitrogens with zero attached hydrogens (tertiary/aromatic N) is 3. The molecule has 0 spiro atoms. The second kappa shape index (κ2) is 7.89. The molecular formula is C20H29N3O3S. The summed E-state index contributed by atoms with van der Waals surface area (Å²) in [5, 5.41) is 0. The zero-order valence-corrected chi connectivity index (χ0v) is 16.7. The SMILES string of the molecule is O=C(CN1CCCC1)N1CCN(S(=O)(=O)c2ccc3c(c2)CCCC3)CC1. The fourth-order valence-electron chi connectivity index (χ4n) is 4.43. The lowest BCUT2D eigenvalue weighted by molar-refractivity contribution is -0.133.